The number of rotatable bonds is 4. The summed E-state index contributed by atoms with van der Waals surface area (Å²) in [5, 5.41) is 10.5. The topological polar surface area (TPSA) is 108 Å². The minimum atomic E-state index is -0.631. The maximum absolute atomic E-state index is 12.1. The molecule has 0 saturated carbocycles. The lowest BCUT2D eigenvalue weighted by Gasteiger charge is -2.22. The largest absolute Gasteiger partial charge is 0.467 e. The molecule has 9 nitrogen and oxygen atoms in total. The van der Waals surface area contributed by atoms with Crippen LogP contribution in [-0.4, -0.2) is 50.9 Å². The molecule has 0 unspecified atom stereocenters. The third kappa shape index (κ3) is 2.76. The van der Waals surface area contributed by atoms with Crippen LogP contribution in [0.1, 0.15) is 12.8 Å². The summed E-state index contributed by atoms with van der Waals surface area (Å²) >= 11 is 0. The van der Waals surface area contributed by atoms with E-state index in [1.807, 2.05) is 0 Å². The molecule has 9 heteroatoms. The van der Waals surface area contributed by atoms with Crippen molar-refractivity contribution in [1.29, 1.82) is 0 Å². The van der Waals surface area contributed by atoms with Gasteiger partial charge in [0.25, 0.3) is 0 Å². The Labute approximate surface area is 114 Å². The molecule has 1 aliphatic heterocycles. The molecule has 108 valence electrons. The van der Waals surface area contributed by atoms with Crippen LogP contribution in [0.3, 0.4) is 0 Å². The number of imidazole rings is 1. The quantitative estimate of drug-likeness (QED) is 0.435. The van der Waals surface area contributed by atoms with Crippen LogP contribution in [0, 0.1) is 10.1 Å². The van der Waals surface area contributed by atoms with Crippen molar-refractivity contribution in [1.82, 2.24) is 14.5 Å². The summed E-state index contributed by atoms with van der Waals surface area (Å²) in [4.78, 5) is 38.6. The van der Waals surface area contributed by atoms with Gasteiger partial charge in [0.2, 0.25) is 12.2 Å². The summed E-state index contributed by atoms with van der Waals surface area (Å²) in [5.41, 5.74) is 0. The van der Waals surface area contributed by atoms with E-state index >= 15 is 0 Å². The lowest BCUT2D eigenvalue weighted by molar-refractivity contribution is -0.389. The second-order valence-electron chi connectivity index (χ2n) is 4.43. The molecular weight excluding hydrogens is 268 g/mol. The van der Waals surface area contributed by atoms with E-state index in [2.05, 4.69) is 9.72 Å². The molecular formula is C11H14N4O5. The predicted molar refractivity (Wildman–Crippen MR) is 65.6 cm³/mol. The van der Waals surface area contributed by atoms with Crippen molar-refractivity contribution >= 4 is 17.7 Å². The highest BCUT2D eigenvalue weighted by Crippen LogP contribution is 2.19. The van der Waals surface area contributed by atoms with Gasteiger partial charge in [0.15, 0.2) is 0 Å². The smallest absolute Gasteiger partial charge is 0.381 e. The Kier molecular flexibility index (Phi) is 3.97. The van der Waals surface area contributed by atoms with Gasteiger partial charge in [-0.3, -0.25) is 4.79 Å². The summed E-state index contributed by atoms with van der Waals surface area (Å²) in [6.07, 6.45) is 3.71. The van der Waals surface area contributed by atoms with Crippen LogP contribution in [0.2, 0.25) is 0 Å². The molecule has 20 heavy (non-hydrogen) atoms. The third-order valence-electron chi connectivity index (χ3n) is 3.17. The first kappa shape index (κ1) is 14.0. The molecule has 2 heterocycles. The summed E-state index contributed by atoms with van der Waals surface area (Å²) in [6.45, 7) is 0.393. The minimum absolute atomic E-state index is 0.0890. The first-order chi connectivity index (χ1) is 9.52. The van der Waals surface area contributed by atoms with Gasteiger partial charge < -0.3 is 24.3 Å². The number of ether oxygens (including phenoxy) is 1. The second kappa shape index (κ2) is 5.68. The molecule has 2 rings (SSSR count). The zero-order valence-corrected chi connectivity index (χ0v) is 10.9. The zero-order chi connectivity index (χ0) is 14.7. The van der Waals surface area contributed by atoms with Crippen molar-refractivity contribution in [2.45, 2.75) is 25.4 Å². The Hall–Kier alpha value is -2.45. The fourth-order valence-corrected chi connectivity index (χ4v) is 2.22. The molecule has 0 N–H and O–H groups in total. The average Bonchev–Trinajstić information content (AvgIpc) is 3.06. The zero-order valence-electron chi connectivity index (χ0n) is 10.9. The van der Waals surface area contributed by atoms with Gasteiger partial charge in [0.05, 0.1) is 7.11 Å². The third-order valence-corrected chi connectivity index (χ3v) is 3.17. The highest BCUT2D eigenvalue weighted by Gasteiger charge is 2.34. The van der Waals surface area contributed by atoms with Gasteiger partial charge >= 0.3 is 11.8 Å². The van der Waals surface area contributed by atoms with Crippen LogP contribution in [-0.2, 0) is 20.9 Å². The SMILES string of the molecule is COC(=O)[C@@H]1CCCN1C(=O)Cn1cnc([N+](=O)[O-])c1. The first-order valence-corrected chi connectivity index (χ1v) is 6.06. The molecule has 1 aromatic heterocycles. The van der Waals surface area contributed by atoms with Gasteiger partial charge in [-0.05, 0) is 22.7 Å². The summed E-state index contributed by atoms with van der Waals surface area (Å²) in [7, 11) is 1.28. The van der Waals surface area contributed by atoms with E-state index in [-0.39, 0.29) is 18.3 Å². The van der Waals surface area contributed by atoms with Gasteiger partial charge in [-0.15, -0.1) is 0 Å². The average molecular weight is 282 g/mol. The highest BCUT2D eigenvalue weighted by atomic mass is 16.6. The fourth-order valence-electron chi connectivity index (χ4n) is 2.22. The van der Waals surface area contributed by atoms with E-state index in [1.165, 1.54) is 29.1 Å². The van der Waals surface area contributed by atoms with E-state index in [0.717, 1.165) is 6.42 Å². The standard InChI is InChI=1S/C11H14N4O5/c1-20-11(17)8-3-2-4-14(8)10(16)6-13-5-9(12-7-13)15(18)19/h5,7-8H,2-4,6H2,1H3/t8-/m0/s1. The number of amides is 1. The normalized spacial score (nSPS) is 18.1. The van der Waals surface area contributed by atoms with Crippen LogP contribution in [0.15, 0.2) is 12.5 Å². The number of esters is 1. The maximum atomic E-state index is 12.1. The Morgan fingerprint density at radius 1 is 1.60 bits per heavy atom. The molecule has 1 saturated heterocycles. The Bertz CT molecular complexity index is 541. The fraction of sp³-hybridized carbons (Fsp3) is 0.545. The number of carbonyl (C=O) groups excluding carboxylic acids is 2. The lowest BCUT2D eigenvalue weighted by atomic mass is 10.2. The number of aromatic nitrogens is 2. The monoisotopic (exact) mass is 282 g/mol. The minimum Gasteiger partial charge on any atom is -0.467 e. The molecule has 1 amide bonds. The second-order valence-corrected chi connectivity index (χ2v) is 4.43. The van der Waals surface area contributed by atoms with E-state index < -0.39 is 16.9 Å². The lowest BCUT2D eigenvalue weighted by Crippen LogP contribution is -2.42. The molecule has 0 bridgehead atoms. The number of likely N-dealkylation sites (tertiary alicyclic amines) is 1. The van der Waals surface area contributed by atoms with Crippen LogP contribution >= 0.6 is 0 Å². The Balaban J connectivity index is 2.03. The molecule has 0 aromatic carbocycles. The van der Waals surface area contributed by atoms with Crippen LogP contribution in [0.4, 0.5) is 5.82 Å². The van der Waals surface area contributed by atoms with Crippen molar-refractivity contribution in [2.75, 3.05) is 13.7 Å². The number of hydrogen-bond donors (Lipinski definition) is 0. The van der Waals surface area contributed by atoms with E-state index in [1.54, 1.807) is 0 Å². The van der Waals surface area contributed by atoms with Gasteiger partial charge in [-0.25, -0.2) is 4.79 Å². The maximum Gasteiger partial charge on any atom is 0.381 e. The Morgan fingerprint density at radius 2 is 2.35 bits per heavy atom. The van der Waals surface area contributed by atoms with Crippen LogP contribution in [0.5, 0.6) is 0 Å². The first-order valence-electron chi connectivity index (χ1n) is 6.06. The summed E-state index contributed by atoms with van der Waals surface area (Å²) < 4.78 is 5.99. The number of nitro groups is 1. The summed E-state index contributed by atoms with van der Waals surface area (Å²) in [6, 6.07) is -0.564. The molecule has 1 aliphatic rings. The van der Waals surface area contributed by atoms with Gasteiger partial charge in [0, 0.05) is 6.54 Å². The number of methoxy groups -OCH3 is 1. The Morgan fingerprint density at radius 3 is 2.95 bits per heavy atom. The number of nitrogens with zero attached hydrogens (tertiary/aromatic N) is 4. The van der Waals surface area contributed by atoms with Crippen LogP contribution in [0.25, 0.3) is 0 Å². The molecule has 0 aliphatic carbocycles. The highest BCUT2D eigenvalue weighted by molar-refractivity contribution is 5.85. The van der Waals surface area contributed by atoms with Crippen molar-refractivity contribution in [3.8, 4) is 0 Å². The number of carbonyl (C=O) groups is 2. The summed E-state index contributed by atoms with van der Waals surface area (Å²) in [5.74, 6) is -1.04. The number of hydrogen-bond acceptors (Lipinski definition) is 6. The van der Waals surface area contributed by atoms with Crippen molar-refractivity contribution in [3.05, 3.63) is 22.6 Å². The molecule has 0 radical (unpaired) electrons. The van der Waals surface area contributed by atoms with E-state index in [9.17, 15) is 19.7 Å². The molecule has 1 aromatic rings. The van der Waals surface area contributed by atoms with Gasteiger partial charge in [-0.2, -0.15) is 0 Å². The predicted octanol–water partition coefficient (Wildman–Crippen LogP) is -0.0447. The van der Waals surface area contributed by atoms with E-state index in [4.69, 9.17) is 0 Å². The van der Waals surface area contributed by atoms with Crippen molar-refractivity contribution < 1.29 is 19.2 Å². The van der Waals surface area contributed by atoms with Gasteiger partial charge in [-0.1, -0.05) is 0 Å². The van der Waals surface area contributed by atoms with Crippen molar-refractivity contribution in [2.24, 2.45) is 0 Å². The molecule has 1 atom stereocenters. The van der Waals surface area contributed by atoms with Crippen LogP contribution < -0.4 is 0 Å². The van der Waals surface area contributed by atoms with Crippen molar-refractivity contribution in [3.63, 3.8) is 0 Å². The van der Waals surface area contributed by atoms with Gasteiger partial charge in [0.1, 0.15) is 18.8 Å². The molecule has 1 fully saturated rings. The van der Waals surface area contributed by atoms with E-state index in [0.29, 0.717) is 13.0 Å². The molecule has 0 spiro atoms.